The van der Waals surface area contributed by atoms with Crippen LogP contribution in [0.2, 0.25) is 0 Å². The fourth-order valence-electron chi connectivity index (χ4n) is 3.79. The molecular weight excluding hydrogens is 292 g/mol. The van der Waals surface area contributed by atoms with Crippen LogP contribution >= 0.6 is 11.3 Å². The third-order valence-corrected chi connectivity index (χ3v) is 6.55. The summed E-state index contributed by atoms with van der Waals surface area (Å²) in [6.07, 6.45) is 9.88. The number of hydrogen-bond acceptors (Lipinski definition) is 3. The van der Waals surface area contributed by atoms with Gasteiger partial charge in [-0.3, -0.25) is 4.79 Å². The van der Waals surface area contributed by atoms with Crippen molar-refractivity contribution in [3.8, 4) is 0 Å². The van der Waals surface area contributed by atoms with Crippen LogP contribution in [0.15, 0.2) is 5.38 Å². The number of aryl methyl sites for hydroxylation is 1. The summed E-state index contributed by atoms with van der Waals surface area (Å²) >= 11 is 1.80. The van der Waals surface area contributed by atoms with Gasteiger partial charge in [-0.2, -0.15) is 0 Å². The minimum Gasteiger partial charge on any atom is -0.338 e. The van der Waals surface area contributed by atoms with Crippen LogP contribution in [0.5, 0.6) is 0 Å². The number of amides is 1. The number of piperidine rings is 1. The first-order valence-corrected chi connectivity index (χ1v) is 9.81. The van der Waals surface area contributed by atoms with E-state index in [0.717, 1.165) is 43.8 Å². The van der Waals surface area contributed by atoms with Gasteiger partial charge >= 0.3 is 0 Å². The zero-order chi connectivity index (χ0) is 14.9. The van der Waals surface area contributed by atoms with Gasteiger partial charge in [0.2, 0.25) is 0 Å². The lowest BCUT2D eigenvalue weighted by Gasteiger charge is -2.33. The first-order valence-electron chi connectivity index (χ1n) is 8.93. The van der Waals surface area contributed by atoms with E-state index in [1.807, 2.05) is 0 Å². The largest absolute Gasteiger partial charge is 0.338 e. The zero-order valence-corrected chi connectivity index (χ0v) is 14.1. The third-order valence-electron chi connectivity index (χ3n) is 5.47. The molecule has 120 valence electrons. The monoisotopic (exact) mass is 318 g/mol. The molecule has 4 rings (SSSR count). The molecule has 2 aliphatic carbocycles. The summed E-state index contributed by atoms with van der Waals surface area (Å²) in [4.78, 5) is 16.4. The Hall–Kier alpha value is -0.870. The van der Waals surface area contributed by atoms with E-state index in [4.69, 9.17) is 0 Å². The summed E-state index contributed by atoms with van der Waals surface area (Å²) in [5.74, 6) is 1.23. The molecule has 1 aromatic heterocycles. The number of carbonyl (C=O) groups is 1. The topological polar surface area (TPSA) is 32.3 Å². The number of likely N-dealkylation sites (tertiary alicyclic amines) is 1. The SMILES string of the molecule is O=C(c1csc2c1CCCC2)N1CCC(NCC2CC2)CC1. The molecule has 22 heavy (non-hydrogen) atoms. The van der Waals surface area contributed by atoms with Crippen molar-refractivity contribution in [3.05, 3.63) is 21.4 Å². The highest BCUT2D eigenvalue weighted by atomic mass is 32.1. The van der Waals surface area contributed by atoms with E-state index in [9.17, 15) is 4.79 Å². The molecule has 1 aromatic rings. The zero-order valence-electron chi connectivity index (χ0n) is 13.3. The van der Waals surface area contributed by atoms with Crippen LogP contribution in [-0.2, 0) is 12.8 Å². The van der Waals surface area contributed by atoms with Crippen LogP contribution in [0.4, 0.5) is 0 Å². The molecule has 4 heteroatoms. The highest BCUT2D eigenvalue weighted by Gasteiger charge is 2.28. The minimum atomic E-state index is 0.292. The van der Waals surface area contributed by atoms with Gasteiger partial charge in [-0.1, -0.05) is 0 Å². The van der Waals surface area contributed by atoms with Crippen molar-refractivity contribution in [1.29, 1.82) is 0 Å². The summed E-state index contributed by atoms with van der Waals surface area (Å²) in [6, 6.07) is 0.626. The smallest absolute Gasteiger partial charge is 0.254 e. The lowest BCUT2D eigenvalue weighted by molar-refractivity contribution is 0.0704. The lowest BCUT2D eigenvalue weighted by Crippen LogP contribution is -2.45. The molecule has 0 atom stereocenters. The van der Waals surface area contributed by atoms with Gasteiger partial charge < -0.3 is 10.2 Å². The number of nitrogens with one attached hydrogen (secondary N) is 1. The van der Waals surface area contributed by atoms with Crippen molar-refractivity contribution in [2.24, 2.45) is 5.92 Å². The Bertz CT molecular complexity index is 541. The standard InChI is InChI=1S/C18H26N2OS/c21-18(16-12-22-17-4-2-1-3-15(16)17)20-9-7-14(8-10-20)19-11-13-5-6-13/h12-14,19H,1-11H2. The number of nitrogens with zero attached hydrogens (tertiary/aromatic N) is 1. The molecule has 0 unspecified atom stereocenters. The molecule has 0 spiro atoms. The van der Waals surface area contributed by atoms with Gasteiger partial charge in [0.25, 0.3) is 5.91 Å². The van der Waals surface area contributed by atoms with Gasteiger partial charge in [0.15, 0.2) is 0 Å². The number of carbonyl (C=O) groups excluding carboxylic acids is 1. The number of hydrogen-bond donors (Lipinski definition) is 1. The average Bonchev–Trinajstić information content (AvgIpc) is 3.30. The third kappa shape index (κ3) is 3.09. The molecule has 1 saturated heterocycles. The molecule has 1 saturated carbocycles. The van der Waals surface area contributed by atoms with E-state index >= 15 is 0 Å². The van der Waals surface area contributed by atoms with Crippen molar-refractivity contribution < 1.29 is 4.79 Å². The Morgan fingerprint density at radius 1 is 1.18 bits per heavy atom. The van der Waals surface area contributed by atoms with Crippen LogP contribution < -0.4 is 5.32 Å². The van der Waals surface area contributed by atoms with Crippen molar-refractivity contribution >= 4 is 17.2 Å². The lowest BCUT2D eigenvalue weighted by atomic mass is 9.95. The van der Waals surface area contributed by atoms with Crippen LogP contribution in [0.1, 0.15) is 59.3 Å². The highest BCUT2D eigenvalue weighted by Crippen LogP contribution is 2.31. The summed E-state index contributed by atoms with van der Waals surface area (Å²) in [7, 11) is 0. The van der Waals surface area contributed by atoms with Gasteiger partial charge in [0.05, 0.1) is 5.56 Å². The van der Waals surface area contributed by atoms with E-state index in [-0.39, 0.29) is 0 Å². The second-order valence-electron chi connectivity index (χ2n) is 7.18. The summed E-state index contributed by atoms with van der Waals surface area (Å²) in [5.41, 5.74) is 2.39. The maximum atomic E-state index is 12.8. The Morgan fingerprint density at radius 3 is 2.73 bits per heavy atom. The van der Waals surface area contributed by atoms with E-state index < -0.39 is 0 Å². The number of rotatable bonds is 4. The summed E-state index contributed by atoms with van der Waals surface area (Å²) in [6.45, 7) is 3.04. The fourth-order valence-corrected chi connectivity index (χ4v) is 4.91. The first kappa shape index (κ1) is 14.7. The van der Waals surface area contributed by atoms with Crippen LogP contribution in [-0.4, -0.2) is 36.5 Å². The highest BCUT2D eigenvalue weighted by molar-refractivity contribution is 7.10. The number of thiophene rings is 1. The van der Waals surface area contributed by atoms with E-state index in [2.05, 4.69) is 15.6 Å². The van der Waals surface area contributed by atoms with Gasteiger partial charge in [0.1, 0.15) is 0 Å². The van der Waals surface area contributed by atoms with Crippen LogP contribution in [0.25, 0.3) is 0 Å². The Morgan fingerprint density at radius 2 is 1.95 bits per heavy atom. The molecule has 1 aliphatic heterocycles. The predicted molar refractivity (Wildman–Crippen MR) is 90.6 cm³/mol. The molecule has 3 nitrogen and oxygen atoms in total. The fraction of sp³-hybridized carbons (Fsp3) is 0.722. The van der Waals surface area contributed by atoms with E-state index in [0.29, 0.717) is 11.9 Å². The Kier molecular flexibility index (Phi) is 4.23. The molecule has 1 amide bonds. The Labute approximate surface area is 137 Å². The number of fused-ring (bicyclic) bond motifs is 1. The maximum absolute atomic E-state index is 12.8. The van der Waals surface area contributed by atoms with Gasteiger partial charge in [-0.05, 0) is 69.4 Å². The van der Waals surface area contributed by atoms with Gasteiger partial charge in [-0.25, -0.2) is 0 Å². The Balaban J connectivity index is 1.34. The molecular formula is C18H26N2OS. The van der Waals surface area contributed by atoms with Gasteiger partial charge in [-0.15, -0.1) is 11.3 Å². The van der Waals surface area contributed by atoms with Crippen LogP contribution in [0.3, 0.4) is 0 Å². The average molecular weight is 318 g/mol. The molecule has 0 aromatic carbocycles. The maximum Gasteiger partial charge on any atom is 0.254 e. The van der Waals surface area contributed by atoms with Crippen molar-refractivity contribution in [2.75, 3.05) is 19.6 Å². The summed E-state index contributed by atoms with van der Waals surface area (Å²) in [5, 5.41) is 5.81. The quantitative estimate of drug-likeness (QED) is 0.924. The molecule has 3 aliphatic rings. The minimum absolute atomic E-state index is 0.292. The molecule has 2 heterocycles. The molecule has 2 fully saturated rings. The van der Waals surface area contributed by atoms with Crippen molar-refractivity contribution in [1.82, 2.24) is 10.2 Å². The predicted octanol–water partition coefficient (Wildman–Crippen LogP) is 3.23. The summed E-state index contributed by atoms with van der Waals surface area (Å²) < 4.78 is 0. The molecule has 1 N–H and O–H groups in total. The first-order chi connectivity index (χ1) is 10.8. The normalized spacial score (nSPS) is 22.6. The second kappa shape index (κ2) is 6.32. The van der Waals surface area contributed by atoms with Crippen LogP contribution in [0, 0.1) is 5.92 Å². The van der Waals surface area contributed by atoms with Crippen molar-refractivity contribution in [3.63, 3.8) is 0 Å². The second-order valence-corrected chi connectivity index (χ2v) is 8.14. The van der Waals surface area contributed by atoms with Crippen molar-refractivity contribution in [2.45, 2.75) is 57.4 Å². The van der Waals surface area contributed by atoms with E-state index in [1.165, 1.54) is 49.1 Å². The van der Waals surface area contributed by atoms with Gasteiger partial charge in [0, 0.05) is 29.4 Å². The molecule has 0 bridgehead atoms. The van der Waals surface area contributed by atoms with E-state index in [1.54, 1.807) is 11.3 Å². The molecule has 0 radical (unpaired) electrons.